The lowest BCUT2D eigenvalue weighted by molar-refractivity contribution is -0.140. The van der Waals surface area contributed by atoms with E-state index in [-0.39, 0.29) is 35.1 Å². The van der Waals surface area contributed by atoms with Crippen molar-refractivity contribution in [2.75, 3.05) is 4.72 Å². The second-order valence-electron chi connectivity index (χ2n) is 8.78. The number of carbonyl (C=O) groups excluding carboxylic acids is 2. The van der Waals surface area contributed by atoms with E-state index in [1.54, 1.807) is 31.2 Å². The van der Waals surface area contributed by atoms with E-state index in [0.29, 0.717) is 16.8 Å². The summed E-state index contributed by atoms with van der Waals surface area (Å²) in [6, 6.07) is 10.6. The molecule has 7 heteroatoms. The molecule has 0 radical (unpaired) electrons. The van der Waals surface area contributed by atoms with Crippen LogP contribution in [-0.4, -0.2) is 25.1 Å². The molecular formula is C24H28N2O4S. The maximum Gasteiger partial charge on any atom is 0.262 e. The quantitative estimate of drug-likeness (QED) is 0.710. The first kappa shape index (κ1) is 21.6. The van der Waals surface area contributed by atoms with Crippen molar-refractivity contribution >= 4 is 27.5 Å². The van der Waals surface area contributed by atoms with Gasteiger partial charge >= 0.3 is 0 Å². The number of anilines is 1. The topological polar surface area (TPSA) is 83.6 Å². The molecule has 0 unspecified atom stereocenters. The molecule has 2 amide bonds. The molecular weight excluding hydrogens is 412 g/mol. The molecule has 0 spiro atoms. The Morgan fingerprint density at radius 1 is 0.903 bits per heavy atom. The third-order valence-electron chi connectivity index (χ3n) is 6.44. The molecule has 2 aromatic carbocycles. The summed E-state index contributed by atoms with van der Waals surface area (Å²) in [5, 5.41) is 0. The lowest BCUT2D eigenvalue weighted by atomic mass is 9.81. The highest BCUT2D eigenvalue weighted by Crippen LogP contribution is 2.38. The van der Waals surface area contributed by atoms with E-state index < -0.39 is 10.0 Å². The van der Waals surface area contributed by atoms with Gasteiger partial charge in [0.25, 0.3) is 10.0 Å². The number of benzene rings is 2. The van der Waals surface area contributed by atoms with Crippen LogP contribution in [-0.2, 0) is 26.2 Å². The van der Waals surface area contributed by atoms with Gasteiger partial charge in [-0.15, -0.1) is 0 Å². The van der Waals surface area contributed by atoms with Gasteiger partial charge in [0, 0.05) is 0 Å². The summed E-state index contributed by atoms with van der Waals surface area (Å²) in [5.41, 5.74) is 3.66. The molecule has 0 bridgehead atoms. The average Bonchev–Trinajstić information content (AvgIpc) is 2.96. The lowest BCUT2D eigenvalue weighted by Crippen LogP contribution is -2.30. The van der Waals surface area contributed by atoms with Gasteiger partial charge in [0.2, 0.25) is 11.8 Å². The molecule has 2 fully saturated rings. The Morgan fingerprint density at radius 2 is 1.55 bits per heavy atom. The molecule has 1 saturated carbocycles. The molecule has 1 N–H and O–H groups in total. The number of amides is 2. The zero-order valence-corrected chi connectivity index (χ0v) is 19.0. The van der Waals surface area contributed by atoms with Gasteiger partial charge in [-0.05, 0) is 62.4 Å². The van der Waals surface area contributed by atoms with Crippen LogP contribution in [0.25, 0.3) is 0 Å². The summed E-state index contributed by atoms with van der Waals surface area (Å²) in [6.07, 6.45) is 3.48. The van der Waals surface area contributed by atoms with E-state index in [0.717, 1.165) is 36.8 Å². The molecule has 164 valence electrons. The van der Waals surface area contributed by atoms with Crippen LogP contribution in [0.1, 0.15) is 47.9 Å². The standard InChI is InChI=1S/C24H28N2O4S/c1-15-8-11-21(17(3)12-15)25-31(29,30)22-13-18(10-9-16(22)2)14-26-23(27)19-6-4-5-7-20(19)24(26)28/h8-13,19-20,25H,4-7,14H2,1-3H3/t19-,20+. The fourth-order valence-electron chi connectivity index (χ4n) is 4.73. The van der Waals surface area contributed by atoms with Gasteiger partial charge in [0.05, 0.1) is 29.0 Å². The van der Waals surface area contributed by atoms with Crippen LogP contribution in [0.4, 0.5) is 5.69 Å². The first-order chi connectivity index (χ1) is 14.7. The second kappa shape index (κ2) is 8.11. The van der Waals surface area contributed by atoms with Crippen molar-refractivity contribution in [2.24, 2.45) is 11.8 Å². The molecule has 2 aromatic rings. The Labute approximate surface area is 183 Å². The van der Waals surface area contributed by atoms with Crippen LogP contribution in [0.3, 0.4) is 0 Å². The van der Waals surface area contributed by atoms with Crippen LogP contribution in [0, 0.1) is 32.6 Å². The van der Waals surface area contributed by atoms with E-state index in [1.165, 1.54) is 4.90 Å². The average molecular weight is 441 g/mol. The predicted molar refractivity (Wildman–Crippen MR) is 119 cm³/mol. The number of nitrogens with zero attached hydrogens (tertiary/aromatic N) is 1. The van der Waals surface area contributed by atoms with Crippen molar-refractivity contribution in [2.45, 2.75) is 57.9 Å². The second-order valence-corrected chi connectivity index (χ2v) is 10.4. The highest BCUT2D eigenvalue weighted by Gasteiger charge is 2.47. The largest absolute Gasteiger partial charge is 0.279 e. The van der Waals surface area contributed by atoms with Crippen LogP contribution in [0.2, 0.25) is 0 Å². The van der Waals surface area contributed by atoms with Crippen molar-refractivity contribution in [3.8, 4) is 0 Å². The number of rotatable bonds is 5. The highest BCUT2D eigenvalue weighted by molar-refractivity contribution is 7.92. The maximum absolute atomic E-state index is 13.1. The Balaban J connectivity index is 1.60. The van der Waals surface area contributed by atoms with Gasteiger partial charge < -0.3 is 0 Å². The van der Waals surface area contributed by atoms with Crippen molar-refractivity contribution in [3.05, 3.63) is 58.7 Å². The Kier molecular flexibility index (Phi) is 5.64. The molecule has 31 heavy (non-hydrogen) atoms. The molecule has 1 aliphatic carbocycles. The third-order valence-corrected chi connectivity index (χ3v) is 7.95. The molecule has 2 atom stereocenters. The number of carbonyl (C=O) groups is 2. The first-order valence-corrected chi connectivity index (χ1v) is 12.2. The van der Waals surface area contributed by atoms with Crippen LogP contribution < -0.4 is 4.72 Å². The van der Waals surface area contributed by atoms with Crippen molar-refractivity contribution in [3.63, 3.8) is 0 Å². The highest BCUT2D eigenvalue weighted by atomic mass is 32.2. The molecule has 1 aliphatic heterocycles. The molecule has 1 heterocycles. The number of imide groups is 1. The van der Waals surface area contributed by atoms with E-state index in [4.69, 9.17) is 0 Å². The molecule has 2 aliphatic rings. The van der Waals surface area contributed by atoms with Gasteiger partial charge in [0.1, 0.15) is 0 Å². The number of hydrogen-bond donors (Lipinski definition) is 1. The smallest absolute Gasteiger partial charge is 0.262 e. The zero-order chi connectivity index (χ0) is 22.3. The minimum Gasteiger partial charge on any atom is -0.279 e. The first-order valence-electron chi connectivity index (χ1n) is 10.7. The number of hydrogen-bond acceptors (Lipinski definition) is 4. The minimum atomic E-state index is -3.82. The SMILES string of the molecule is Cc1ccc(NS(=O)(=O)c2cc(CN3C(=O)[C@H]4CCCC[C@H]4C3=O)ccc2C)c(C)c1. The van der Waals surface area contributed by atoms with E-state index in [1.807, 2.05) is 26.0 Å². The summed E-state index contributed by atoms with van der Waals surface area (Å²) in [5.74, 6) is -0.650. The van der Waals surface area contributed by atoms with Gasteiger partial charge in [-0.25, -0.2) is 8.42 Å². The summed E-state index contributed by atoms with van der Waals surface area (Å²) < 4.78 is 28.9. The normalized spacial score (nSPS) is 21.3. The number of sulfonamides is 1. The number of nitrogens with one attached hydrogen (secondary N) is 1. The Bertz CT molecular complexity index is 1130. The van der Waals surface area contributed by atoms with E-state index in [9.17, 15) is 18.0 Å². The number of likely N-dealkylation sites (tertiary alicyclic amines) is 1. The van der Waals surface area contributed by atoms with Crippen LogP contribution >= 0.6 is 0 Å². The van der Waals surface area contributed by atoms with Crippen molar-refractivity contribution < 1.29 is 18.0 Å². The summed E-state index contributed by atoms with van der Waals surface area (Å²) in [4.78, 5) is 27.0. The van der Waals surface area contributed by atoms with Crippen LogP contribution in [0.15, 0.2) is 41.3 Å². The van der Waals surface area contributed by atoms with Gasteiger partial charge in [-0.1, -0.05) is 42.7 Å². The molecule has 0 aromatic heterocycles. The number of fused-ring (bicyclic) bond motifs is 1. The summed E-state index contributed by atoms with van der Waals surface area (Å²) in [7, 11) is -3.82. The lowest BCUT2D eigenvalue weighted by Gasteiger charge is -2.19. The Morgan fingerprint density at radius 3 is 2.16 bits per heavy atom. The molecule has 1 saturated heterocycles. The van der Waals surface area contributed by atoms with Crippen molar-refractivity contribution in [1.82, 2.24) is 4.90 Å². The fourth-order valence-corrected chi connectivity index (χ4v) is 6.16. The van der Waals surface area contributed by atoms with Gasteiger partial charge in [-0.3, -0.25) is 19.2 Å². The fraction of sp³-hybridized carbons (Fsp3) is 0.417. The summed E-state index contributed by atoms with van der Waals surface area (Å²) >= 11 is 0. The monoisotopic (exact) mass is 440 g/mol. The number of aryl methyl sites for hydroxylation is 3. The predicted octanol–water partition coefficient (Wildman–Crippen LogP) is 4.09. The van der Waals surface area contributed by atoms with Crippen LogP contribution in [0.5, 0.6) is 0 Å². The minimum absolute atomic E-state index is 0.108. The molecule has 4 rings (SSSR count). The van der Waals surface area contributed by atoms with E-state index >= 15 is 0 Å². The molecule has 6 nitrogen and oxygen atoms in total. The van der Waals surface area contributed by atoms with Gasteiger partial charge in [-0.2, -0.15) is 0 Å². The zero-order valence-electron chi connectivity index (χ0n) is 18.1. The van der Waals surface area contributed by atoms with E-state index in [2.05, 4.69) is 4.72 Å². The van der Waals surface area contributed by atoms with Gasteiger partial charge in [0.15, 0.2) is 0 Å². The maximum atomic E-state index is 13.1. The third kappa shape index (κ3) is 4.11. The van der Waals surface area contributed by atoms with Crippen molar-refractivity contribution in [1.29, 1.82) is 0 Å². The summed E-state index contributed by atoms with van der Waals surface area (Å²) in [6.45, 7) is 5.66. The Hall–Kier alpha value is -2.67.